The molecule has 1 N–H and O–H groups in total. The van der Waals surface area contributed by atoms with Gasteiger partial charge >= 0.3 is 0 Å². The van der Waals surface area contributed by atoms with E-state index in [1.165, 1.54) is 0 Å². The summed E-state index contributed by atoms with van der Waals surface area (Å²) in [6.45, 7) is 2.40. The quantitative estimate of drug-likeness (QED) is 0.912. The van der Waals surface area contributed by atoms with Gasteiger partial charge in [0.05, 0.1) is 6.54 Å². The smallest absolute Gasteiger partial charge is 0.235 e. The zero-order chi connectivity index (χ0) is 15.7. The number of amides is 1. The molecular formula is C17H16Cl2N2O. The number of hydrogen-bond donors (Lipinski definition) is 1. The summed E-state index contributed by atoms with van der Waals surface area (Å²) in [5, 5.41) is 4.09. The highest BCUT2D eigenvalue weighted by molar-refractivity contribution is 6.36. The first-order valence-electron chi connectivity index (χ1n) is 7.12. The Bertz CT molecular complexity index is 670. The molecule has 22 heavy (non-hydrogen) atoms. The lowest BCUT2D eigenvalue weighted by molar-refractivity contribution is -0.118. The highest BCUT2D eigenvalue weighted by Gasteiger charge is 2.36. The number of carbonyl (C=O) groups is 1. The summed E-state index contributed by atoms with van der Waals surface area (Å²) in [5.74, 6) is -0.0243. The van der Waals surface area contributed by atoms with Crippen LogP contribution in [0.5, 0.6) is 0 Å². The summed E-state index contributed by atoms with van der Waals surface area (Å²) in [5.41, 5.74) is 1.90. The second-order valence-electron chi connectivity index (χ2n) is 5.36. The average molecular weight is 335 g/mol. The van der Waals surface area contributed by atoms with Crippen LogP contribution in [-0.2, 0) is 4.79 Å². The predicted octanol–water partition coefficient (Wildman–Crippen LogP) is 4.19. The van der Waals surface area contributed by atoms with Crippen LogP contribution in [0.4, 0.5) is 0 Å². The van der Waals surface area contributed by atoms with E-state index in [1.807, 2.05) is 18.2 Å². The second kappa shape index (κ2) is 6.29. The molecule has 1 aliphatic rings. The van der Waals surface area contributed by atoms with Gasteiger partial charge in [0, 0.05) is 21.7 Å². The van der Waals surface area contributed by atoms with Crippen molar-refractivity contribution in [2.45, 2.75) is 19.1 Å². The topological polar surface area (TPSA) is 32.3 Å². The summed E-state index contributed by atoms with van der Waals surface area (Å²) < 4.78 is 0. The molecule has 1 amide bonds. The molecule has 114 valence electrons. The van der Waals surface area contributed by atoms with Crippen molar-refractivity contribution in [2.24, 2.45) is 0 Å². The minimum atomic E-state index is -0.316. The molecule has 0 saturated carbocycles. The van der Waals surface area contributed by atoms with E-state index >= 15 is 0 Å². The van der Waals surface area contributed by atoms with Gasteiger partial charge in [0.1, 0.15) is 6.17 Å². The Morgan fingerprint density at radius 1 is 1.09 bits per heavy atom. The van der Waals surface area contributed by atoms with Gasteiger partial charge in [-0.15, -0.1) is 0 Å². The lowest BCUT2D eigenvalue weighted by Gasteiger charge is -2.30. The van der Waals surface area contributed by atoms with E-state index in [9.17, 15) is 4.79 Å². The van der Waals surface area contributed by atoms with Gasteiger partial charge in [-0.2, -0.15) is 0 Å². The number of carbonyl (C=O) groups excluding carboxylic acids is 1. The van der Waals surface area contributed by atoms with E-state index in [0.717, 1.165) is 11.1 Å². The van der Waals surface area contributed by atoms with Crippen LogP contribution in [0.3, 0.4) is 0 Å². The zero-order valence-corrected chi connectivity index (χ0v) is 13.6. The number of rotatable bonds is 3. The van der Waals surface area contributed by atoms with Crippen LogP contribution in [0, 0.1) is 0 Å². The Balaban J connectivity index is 1.98. The molecule has 0 aliphatic carbocycles. The van der Waals surface area contributed by atoms with E-state index < -0.39 is 0 Å². The van der Waals surface area contributed by atoms with Crippen LogP contribution in [0.25, 0.3) is 0 Å². The molecule has 0 spiro atoms. The summed E-state index contributed by atoms with van der Waals surface area (Å²) in [7, 11) is 0. The number of benzene rings is 2. The van der Waals surface area contributed by atoms with Crippen molar-refractivity contribution in [3.63, 3.8) is 0 Å². The van der Waals surface area contributed by atoms with E-state index in [4.69, 9.17) is 23.2 Å². The molecule has 3 nitrogen and oxygen atoms in total. The van der Waals surface area contributed by atoms with E-state index in [1.54, 1.807) is 18.2 Å². The van der Waals surface area contributed by atoms with Crippen LogP contribution in [-0.4, -0.2) is 17.4 Å². The van der Waals surface area contributed by atoms with Crippen molar-refractivity contribution in [3.8, 4) is 0 Å². The Labute approximate surface area is 139 Å². The molecule has 3 rings (SSSR count). The first kappa shape index (κ1) is 15.3. The minimum Gasteiger partial charge on any atom is -0.335 e. The molecule has 0 bridgehead atoms. The van der Waals surface area contributed by atoms with Crippen LogP contribution < -0.4 is 5.32 Å². The average Bonchev–Trinajstić information content (AvgIpc) is 2.89. The highest BCUT2D eigenvalue weighted by Crippen LogP contribution is 2.38. The standard InChI is InChI=1S/C17H16Cl2N2O/c1-11(12-6-3-2-4-7-12)21-10-15(22)20-17(21)16-13(18)8-5-9-14(16)19/h2-9,11,17H,10H2,1H3,(H,20,22)/t11-,17?/m1/s1. The Morgan fingerprint density at radius 3 is 2.36 bits per heavy atom. The predicted molar refractivity (Wildman–Crippen MR) is 88.9 cm³/mol. The molecule has 2 aromatic carbocycles. The summed E-state index contributed by atoms with van der Waals surface area (Å²) in [4.78, 5) is 14.0. The lowest BCUT2D eigenvalue weighted by atomic mass is 10.0. The maximum Gasteiger partial charge on any atom is 0.235 e. The summed E-state index contributed by atoms with van der Waals surface area (Å²) in [6.07, 6.45) is -0.316. The fraction of sp³-hybridized carbons (Fsp3) is 0.235. The van der Waals surface area contributed by atoms with Gasteiger partial charge in [-0.1, -0.05) is 59.6 Å². The largest absolute Gasteiger partial charge is 0.335 e. The fourth-order valence-electron chi connectivity index (χ4n) is 2.83. The second-order valence-corrected chi connectivity index (χ2v) is 6.18. The molecule has 0 aromatic heterocycles. The third-order valence-corrected chi connectivity index (χ3v) is 4.67. The maximum absolute atomic E-state index is 12.0. The van der Waals surface area contributed by atoms with E-state index in [2.05, 4.69) is 29.3 Å². The molecule has 1 heterocycles. The van der Waals surface area contributed by atoms with Crippen LogP contribution in [0.15, 0.2) is 48.5 Å². The van der Waals surface area contributed by atoms with Crippen molar-refractivity contribution in [2.75, 3.05) is 6.54 Å². The molecule has 0 radical (unpaired) electrons. The van der Waals surface area contributed by atoms with E-state index in [-0.39, 0.29) is 18.1 Å². The van der Waals surface area contributed by atoms with Crippen molar-refractivity contribution < 1.29 is 4.79 Å². The van der Waals surface area contributed by atoms with Gasteiger partial charge in [0.25, 0.3) is 0 Å². The highest BCUT2D eigenvalue weighted by atomic mass is 35.5. The third kappa shape index (κ3) is 2.84. The number of halogens is 2. The normalized spacial score (nSPS) is 20.0. The van der Waals surface area contributed by atoms with Crippen LogP contribution in [0.2, 0.25) is 10.0 Å². The molecule has 2 atom stereocenters. The molecular weight excluding hydrogens is 319 g/mol. The van der Waals surface area contributed by atoms with Gasteiger partial charge in [0.2, 0.25) is 5.91 Å². The third-order valence-electron chi connectivity index (χ3n) is 4.01. The molecule has 1 aliphatic heterocycles. The molecule has 1 unspecified atom stereocenters. The van der Waals surface area contributed by atoms with Gasteiger partial charge in [-0.05, 0) is 24.6 Å². The summed E-state index contributed by atoms with van der Waals surface area (Å²) in [6, 6.07) is 15.5. The molecule has 1 fully saturated rings. The molecule has 5 heteroatoms. The van der Waals surface area contributed by atoms with Crippen molar-refractivity contribution in [1.82, 2.24) is 10.2 Å². The first-order valence-corrected chi connectivity index (χ1v) is 7.87. The van der Waals surface area contributed by atoms with Gasteiger partial charge < -0.3 is 5.32 Å². The Morgan fingerprint density at radius 2 is 1.73 bits per heavy atom. The van der Waals surface area contributed by atoms with Crippen molar-refractivity contribution in [3.05, 3.63) is 69.7 Å². The van der Waals surface area contributed by atoms with Crippen LogP contribution >= 0.6 is 23.2 Å². The van der Waals surface area contributed by atoms with Gasteiger partial charge in [-0.25, -0.2) is 0 Å². The minimum absolute atomic E-state index is 0.0243. The number of nitrogens with zero attached hydrogens (tertiary/aromatic N) is 1. The summed E-state index contributed by atoms with van der Waals surface area (Å²) >= 11 is 12.6. The number of nitrogens with one attached hydrogen (secondary N) is 1. The van der Waals surface area contributed by atoms with Crippen molar-refractivity contribution in [1.29, 1.82) is 0 Å². The lowest BCUT2D eigenvalue weighted by Crippen LogP contribution is -2.30. The van der Waals surface area contributed by atoms with Gasteiger partial charge in [-0.3, -0.25) is 9.69 Å². The first-order chi connectivity index (χ1) is 10.6. The molecule has 2 aromatic rings. The monoisotopic (exact) mass is 334 g/mol. The van der Waals surface area contributed by atoms with Crippen molar-refractivity contribution >= 4 is 29.1 Å². The van der Waals surface area contributed by atoms with E-state index in [0.29, 0.717) is 16.6 Å². The Kier molecular flexibility index (Phi) is 4.39. The number of hydrogen-bond acceptors (Lipinski definition) is 2. The van der Waals surface area contributed by atoms with Gasteiger partial charge in [0.15, 0.2) is 0 Å². The Hall–Kier alpha value is -1.55. The molecule has 1 saturated heterocycles. The SMILES string of the molecule is C[C@H](c1ccccc1)N1CC(=O)NC1c1c(Cl)cccc1Cl. The maximum atomic E-state index is 12.0. The zero-order valence-electron chi connectivity index (χ0n) is 12.1. The van der Waals surface area contributed by atoms with Crippen LogP contribution in [0.1, 0.15) is 30.3 Å². The fourth-order valence-corrected chi connectivity index (χ4v) is 3.44.